The predicted molar refractivity (Wildman–Crippen MR) is 116 cm³/mol. The molecule has 1 unspecified atom stereocenters. The highest BCUT2D eigenvalue weighted by Gasteiger charge is 2.41. The highest BCUT2D eigenvalue weighted by molar-refractivity contribution is 5.87. The van der Waals surface area contributed by atoms with E-state index in [0.717, 1.165) is 11.3 Å². The van der Waals surface area contributed by atoms with E-state index in [2.05, 4.69) is 9.88 Å². The number of anilines is 1. The van der Waals surface area contributed by atoms with Crippen molar-refractivity contribution in [2.45, 2.75) is 38.0 Å². The number of rotatable bonds is 6. The standard InChI is InChI=1S/C24H27F3N2O4/c25-24(26,27)19-6-4-16(5-7-19)15-33-21-11-20(12-28-13-21)29-8-9-32-22(14-29)17-2-1-3-18(10-17)23(30)31/h1-3,10-13,16,19,22H,4-9,14-15H2,(H,30,31). The van der Waals surface area contributed by atoms with Crippen molar-refractivity contribution in [1.29, 1.82) is 0 Å². The highest BCUT2D eigenvalue weighted by Crippen LogP contribution is 2.39. The molecular formula is C24H27F3N2O4. The average Bonchev–Trinajstić information content (AvgIpc) is 2.83. The summed E-state index contributed by atoms with van der Waals surface area (Å²) >= 11 is 0. The molecule has 4 rings (SSSR count). The molecule has 1 aliphatic heterocycles. The minimum Gasteiger partial charge on any atom is -0.492 e. The second-order valence-electron chi connectivity index (χ2n) is 8.69. The molecule has 1 saturated carbocycles. The molecule has 0 bridgehead atoms. The number of ether oxygens (including phenoxy) is 2. The van der Waals surface area contributed by atoms with Gasteiger partial charge in [0.1, 0.15) is 11.9 Å². The van der Waals surface area contributed by atoms with Crippen molar-refractivity contribution in [2.75, 3.05) is 31.2 Å². The summed E-state index contributed by atoms with van der Waals surface area (Å²) in [5.41, 5.74) is 1.87. The van der Waals surface area contributed by atoms with E-state index >= 15 is 0 Å². The number of benzene rings is 1. The number of carbonyl (C=O) groups is 1. The van der Waals surface area contributed by atoms with Crippen LogP contribution < -0.4 is 9.64 Å². The van der Waals surface area contributed by atoms with Gasteiger partial charge in [-0.2, -0.15) is 13.2 Å². The molecule has 1 N–H and O–H groups in total. The van der Waals surface area contributed by atoms with Crippen LogP contribution in [0.25, 0.3) is 0 Å². The smallest absolute Gasteiger partial charge is 0.391 e. The maximum Gasteiger partial charge on any atom is 0.391 e. The summed E-state index contributed by atoms with van der Waals surface area (Å²) in [7, 11) is 0. The Balaban J connectivity index is 1.35. The van der Waals surface area contributed by atoms with Gasteiger partial charge in [0.05, 0.1) is 42.8 Å². The molecule has 1 saturated heterocycles. The number of aromatic carboxylic acids is 1. The van der Waals surface area contributed by atoms with Gasteiger partial charge in [-0.15, -0.1) is 0 Å². The van der Waals surface area contributed by atoms with E-state index in [-0.39, 0.29) is 30.4 Å². The topological polar surface area (TPSA) is 71.9 Å². The van der Waals surface area contributed by atoms with Gasteiger partial charge in [0.2, 0.25) is 0 Å². The van der Waals surface area contributed by atoms with Gasteiger partial charge in [-0.05, 0) is 49.3 Å². The molecule has 33 heavy (non-hydrogen) atoms. The van der Waals surface area contributed by atoms with Gasteiger partial charge in [0, 0.05) is 19.2 Å². The van der Waals surface area contributed by atoms with Crippen LogP contribution in [0.15, 0.2) is 42.7 Å². The lowest BCUT2D eigenvalue weighted by Gasteiger charge is -2.34. The van der Waals surface area contributed by atoms with Crippen LogP contribution in [-0.2, 0) is 4.74 Å². The number of morpholine rings is 1. The summed E-state index contributed by atoms with van der Waals surface area (Å²) in [6.07, 6.45) is 0.315. The highest BCUT2D eigenvalue weighted by atomic mass is 19.4. The number of aromatic nitrogens is 1. The third-order valence-corrected chi connectivity index (χ3v) is 6.43. The number of carboxylic acid groups (broad SMARTS) is 1. The van der Waals surface area contributed by atoms with Crippen molar-refractivity contribution in [3.8, 4) is 5.75 Å². The van der Waals surface area contributed by atoms with Gasteiger partial charge >= 0.3 is 12.1 Å². The molecule has 9 heteroatoms. The largest absolute Gasteiger partial charge is 0.492 e. The lowest BCUT2D eigenvalue weighted by atomic mass is 9.82. The van der Waals surface area contributed by atoms with Crippen LogP contribution in [0.1, 0.15) is 47.7 Å². The number of hydrogen-bond acceptors (Lipinski definition) is 5. The van der Waals surface area contributed by atoms with Crippen molar-refractivity contribution in [1.82, 2.24) is 4.98 Å². The maximum atomic E-state index is 12.9. The number of alkyl halides is 3. The van der Waals surface area contributed by atoms with Crippen LogP contribution in [0, 0.1) is 11.8 Å². The van der Waals surface area contributed by atoms with Crippen LogP contribution >= 0.6 is 0 Å². The van der Waals surface area contributed by atoms with Crippen LogP contribution in [0.4, 0.5) is 18.9 Å². The van der Waals surface area contributed by atoms with Gasteiger partial charge in [0.15, 0.2) is 0 Å². The quantitative estimate of drug-likeness (QED) is 0.641. The summed E-state index contributed by atoms with van der Waals surface area (Å²) in [5.74, 6) is -1.47. The SMILES string of the molecule is O=C(O)c1cccc(C2CN(c3cncc(OCC4CCC(C(F)(F)F)CC4)c3)CCO2)c1. The molecule has 1 aromatic carbocycles. The van der Waals surface area contributed by atoms with Crippen molar-refractivity contribution in [3.05, 3.63) is 53.9 Å². The Hall–Kier alpha value is -2.81. The van der Waals surface area contributed by atoms with Gasteiger partial charge in [-0.3, -0.25) is 4.98 Å². The first-order chi connectivity index (χ1) is 15.8. The van der Waals surface area contributed by atoms with E-state index in [1.165, 1.54) is 0 Å². The molecule has 2 aromatic rings. The first-order valence-electron chi connectivity index (χ1n) is 11.1. The molecule has 2 heterocycles. The lowest BCUT2D eigenvalue weighted by molar-refractivity contribution is -0.184. The molecule has 0 amide bonds. The molecule has 178 valence electrons. The van der Waals surface area contributed by atoms with E-state index in [1.54, 1.807) is 30.6 Å². The second-order valence-corrected chi connectivity index (χ2v) is 8.69. The van der Waals surface area contributed by atoms with E-state index in [9.17, 15) is 23.1 Å². The average molecular weight is 464 g/mol. The number of nitrogens with zero attached hydrogens (tertiary/aromatic N) is 2. The molecule has 6 nitrogen and oxygen atoms in total. The monoisotopic (exact) mass is 464 g/mol. The first kappa shape index (κ1) is 23.4. The zero-order chi connectivity index (χ0) is 23.4. The summed E-state index contributed by atoms with van der Waals surface area (Å²) in [6.45, 7) is 2.05. The first-order valence-corrected chi connectivity index (χ1v) is 11.1. The lowest BCUT2D eigenvalue weighted by Crippen LogP contribution is -2.38. The van der Waals surface area contributed by atoms with E-state index in [0.29, 0.717) is 44.9 Å². The van der Waals surface area contributed by atoms with Gasteiger partial charge in [-0.25, -0.2) is 4.79 Å². The molecule has 2 fully saturated rings. The summed E-state index contributed by atoms with van der Waals surface area (Å²) < 4.78 is 50.3. The molecular weight excluding hydrogens is 437 g/mol. The molecule has 0 spiro atoms. The van der Waals surface area contributed by atoms with Gasteiger partial charge in [-0.1, -0.05) is 12.1 Å². The van der Waals surface area contributed by atoms with Crippen molar-refractivity contribution in [3.63, 3.8) is 0 Å². The number of halogens is 3. The van der Waals surface area contributed by atoms with Gasteiger partial charge < -0.3 is 19.5 Å². The fraction of sp³-hybridized carbons (Fsp3) is 0.500. The minimum absolute atomic E-state index is 0.113. The molecule has 2 aliphatic rings. The third-order valence-electron chi connectivity index (χ3n) is 6.43. The Kier molecular flexibility index (Phi) is 7.07. The maximum absolute atomic E-state index is 12.9. The normalized spacial score (nSPS) is 23.8. The third kappa shape index (κ3) is 5.96. The zero-order valence-electron chi connectivity index (χ0n) is 18.1. The van der Waals surface area contributed by atoms with Crippen molar-refractivity contribution in [2.24, 2.45) is 11.8 Å². The van der Waals surface area contributed by atoms with Gasteiger partial charge in [0.25, 0.3) is 0 Å². The van der Waals surface area contributed by atoms with E-state index in [1.807, 2.05) is 12.1 Å². The Labute approximate surface area is 190 Å². The van der Waals surface area contributed by atoms with Crippen LogP contribution in [-0.4, -0.2) is 48.5 Å². The number of pyridine rings is 1. The molecule has 1 aromatic heterocycles. The molecule has 0 radical (unpaired) electrons. The summed E-state index contributed by atoms with van der Waals surface area (Å²) in [5, 5.41) is 9.24. The van der Waals surface area contributed by atoms with Crippen molar-refractivity contribution < 1.29 is 32.5 Å². The molecule has 1 aliphatic carbocycles. The van der Waals surface area contributed by atoms with Crippen LogP contribution in [0.5, 0.6) is 5.75 Å². The van der Waals surface area contributed by atoms with Crippen molar-refractivity contribution >= 4 is 11.7 Å². The Morgan fingerprint density at radius 3 is 2.70 bits per heavy atom. The number of hydrogen-bond donors (Lipinski definition) is 1. The summed E-state index contributed by atoms with van der Waals surface area (Å²) in [6, 6.07) is 8.62. The fourth-order valence-corrected chi connectivity index (χ4v) is 4.49. The fourth-order valence-electron chi connectivity index (χ4n) is 4.49. The minimum atomic E-state index is -4.10. The predicted octanol–water partition coefficient (Wildman–Crippen LogP) is 5.11. The number of carboxylic acids is 1. The summed E-state index contributed by atoms with van der Waals surface area (Å²) in [4.78, 5) is 17.6. The van der Waals surface area contributed by atoms with E-state index in [4.69, 9.17) is 9.47 Å². The Morgan fingerprint density at radius 2 is 1.97 bits per heavy atom. The van der Waals surface area contributed by atoms with Crippen LogP contribution in [0.3, 0.4) is 0 Å². The Morgan fingerprint density at radius 1 is 1.18 bits per heavy atom. The second kappa shape index (κ2) is 9.99. The van der Waals surface area contributed by atoms with E-state index < -0.39 is 18.1 Å². The molecule has 1 atom stereocenters. The zero-order valence-corrected chi connectivity index (χ0v) is 18.1. The van der Waals surface area contributed by atoms with Crippen LogP contribution in [0.2, 0.25) is 0 Å². The Bertz CT molecular complexity index is 961.